The van der Waals surface area contributed by atoms with Crippen LogP contribution in [0.25, 0.3) is 0 Å². The predicted octanol–water partition coefficient (Wildman–Crippen LogP) is 3.89. The van der Waals surface area contributed by atoms with E-state index in [4.69, 9.17) is 0 Å². The molecule has 0 saturated carbocycles. The van der Waals surface area contributed by atoms with E-state index in [0.29, 0.717) is 12.0 Å². The number of benzene rings is 1. The van der Waals surface area contributed by atoms with Gasteiger partial charge in [-0.05, 0) is 37.4 Å². The molecule has 2 aromatic rings. The van der Waals surface area contributed by atoms with Crippen molar-refractivity contribution < 1.29 is 0 Å². The fourth-order valence-corrected chi connectivity index (χ4v) is 3.98. The van der Waals surface area contributed by atoms with Crippen LogP contribution in [0.5, 0.6) is 0 Å². The Kier molecular flexibility index (Phi) is 3.67. The minimum atomic E-state index is 0.410. The second kappa shape index (κ2) is 5.43. The molecular weight excluding hydrogens is 252 g/mol. The van der Waals surface area contributed by atoms with E-state index in [1.54, 1.807) is 0 Å². The van der Waals surface area contributed by atoms with Gasteiger partial charge in [0.25, 0.3) is 0 Å². The Hall–Kier alpha value is -1.19. The third-order valence-electron chi connectivity index (χ3n) is 3.91. The molecule has 0 bridgehead atoms. The largest absolute Gasteiger partial charge is 0.310 e. The van der Waals surface area contributed by atoms with Crippen LogP contribution in [-0.2, 0) is 6.42 Å². The Morgan fingerprint density at radius 3 is 3.11 bits per heavy atom. The van der Waals surface area contributed by atoms with Crippen molar-refractivity contribution in [3.63, 3.8) is 0 Å². The number of hydrogen-bond acceptors (Lipinski definition) is 3. The van der Waals surface area contributed by atoms with Crippen molar-refractivity contribution in [1.29, 1.82) is 0 Å². The lowest BCUT2D eigenvalue weighted by atomic mass is 10.0. The van der Waals surface area contributed by atoms with E-state index in [1.807, 2.05) is 17.5 Å². The zero-order chi connectivity index (χ0) is 13.2. The highest BCUT2D eigenvalue weighted by Gasteiger charge is 2.26. The Bertz CT molecular complexity index is 561. The van der Waals surface area contributed by atoms with E-state index in [0.717, 1.165) is 6.54 Å². The predicted molar refractivity (Wildman–Crippen MR) is 80.8 cm³/mol. The molecule has 2 unspecified atom stereocenters. The molecule has 0 radical (unpaired) electrons. The lowest BCUT2D eigenvalue weighted by Gasteiger charge is -2.09. The highest BCUT2D eigenvalue weighted by atomic mass is 32.1. The van der Waals surface area contributed by atoms with E-state index < -0.39 is 0 Å². The highest BCUT2D eigenvalue weighted by molar-refractivity contribution is 7.11. The molecule has 2 nitrogen and oxygen atoms in total. The first-order chi connectivity index (χ1) is 9.29. The van der Waals surface area contributed by atoms with Gasteiger partial charge in [-0.3, -0.25) is 0 Å². The molecule has 0 spiro atoms. The summed E-state index contributed by atoms with van der Waals surface area (Å²) in [6.07, 6.45) is 4.45. The molecule has 2 atom stereocenters. The normalized spacial score (nSPS) is 19.4. The average Bonchev–Trinajstić information content (AvgIpc) is 3.05. The number of fused-ring (bicyclic) bond motifs is 1. The SMILES string of the molecule is CCNC(C)c1cnc(C2CCc3ccccc32)s1. The zero-order valence-corrected chi connectivity index (χ0v) is 12.3. The summed E-state index contributed by atoms with van der Waals surface area (Å²) in [5, 5.41) is 4.74. The minimum Gasteiger partial charge on any atom is -0.310 e. The standard InChI is InChI=1S/C16H20N2S/c1-3-17-11(2)15-10-18-16(19-15)14-9-8-12-6-4-5-7-13(12)14/h4-7,10-11,14,17H,3,8-9H2,1-2H3. The maximum absolute atomic E-state index is 4.68. The number of aryl methyl sites for hydroxylation is 1. The molecule has 1 heterocycles. The van der Waals surface area contributed by atoms with Crippen LogP contribution in [-0.4, -0.2) is 11.5 Å². The summed E-state index contributed by atoms with van der Waals surface area (Å²) in [6.45, 7) is 5.36. The van der Waals surface area contributed by atoms with E-state index in [1.165, 1.54) is 33.9 Å². The fourth-order valence-electron chi connectivity index (χ4n) is 2.88. The van der Waals surface area contributed by atoms with Gasteiger partial charge in [-0.1, -0.05) is 31.2 Å². The second-order valence-electron chi connectivity index (χ2n) is 5.17. The van der Waals surface area contributed by atoms with Crippen molar-refractivity contribution >= 4 is 11.3 Å². The van der Waals surface area contributed by atoms with Crippen molar-refractivity contribution in [3.8, 4) is 0 Å². The summed E-state index contributed by atoms with van der Waals surface area (Å²) in [5.74, 6) is 0.517. The third kappa shape index (κ3) is 2.45. The Balaban J connectivity index is 1.85. The van der Waals surface area contributed by atoms with Crippen molar-refractivity contribution in [1.82, 2.24) is 10.3 Å². The quantitative estimate of drug-likeness (QED) is 0.913. The molecule has 3 heteroatoms. The lowest BCUT2D eigenvalue weighted by Crippen LogP contribution is -2.16. The molecule has 0 fully saturated rings. The first-order valence-corrected chi connectivity index (χ1v) is 7.88. The summed E-state index contributed by atoms with van der Waals surface area (Å²) < 4.78 is 0. The third-order valence-corrected chi connectivity index (χ3v) is 5.20. The van der Waals surface area contributed by atoms with E-state index >= 15 is 0 Å². The molecule has 1 aromatic carbocycles. The molecule has 0 saturated heterocycles. The van der Waals surface area contributed by atoms with Crippen LogP contribution >= 0.6 is 11.3 Å². The van der Waals surface area contributed by atoms with Gasteiger partial charge < -0.3 is 5.32 Å². The topological polar surface area (TPSA) is 24.9 Å². The van der Waals surface area contributed by atoms with Gasteiger partial charge in [0.05, 0.1) is 0 Å². The first kappa shape index (κ1) is 12.8. The maximum Gasteiger partial charge on any atom is 0.100 e. The second-order valence-corrected chi connectivity index (χ2v) is 6.26. The highest BCUT2D eigenvalue weighted by Crippen LogP contribution is 2.40. The van der Waals surface area contributed by atoms with Crippen LogP contribution in [0.3, 0.4) is 0 Å². The molecule has 19 heavy (non-hydrogen) atoms. The van der Waals surface area contributed by atoms with Crippen molar-refractivity contribution in [2.45, 2.75) is 38.6 Å². The fraction of sp³-hybridized carbons (Fsp3) is 0.438. The van der Waals surface area contributed by atoms with Crippen LogP contribution in [0.4, 0.5) is 0 Å². The summed E-state index contributed by atoms with van der Waals surface area (Å²) in [6, 6.07) is 9.22. The molecule has 1 N–H and O–H groups in total. The summed E-state index contributed by atoms with van der Waals surface area (Å²) in [4.78, 5) is 6.03. The van der Waals surface area contributed by atoms with Crippen molar-refractivity contribution in [2.75, 3.05) is 6.54 Å². The summed E-state index contributed by atoms with van der Waals surface area (Å²) in [5.41, 5.74) is 2.99. The number of hydrogen-bond donors (Lipinski definition) is 1. The van der Waals surface area contributed by atoms with Gasteiger partial charge in [-0.15, -0.1) is 11.3 Å². The molecular formula is C16H20N2S. The van der Waals surface area contributed by atoms with Crippen LogP contribution in [0.15, 0.2) is 30.5 Å². The van der Waals surface area contributed by atoms with Gasteiger partial charge in [0.1, 0.15) is 5.01 Å². The van der Waals surface area contributed by atoms with Gasteiger partial charge in [-0.25, -0.2) is 4.98 Å². The van der Waals surface area contributed by atoms with E-state index in [9.17, 15) is 0 Å². The number of nitrogens with zero attached hydrogens (tertiary/aromatic N) is 1. The van der Waals surface area contributed by atoms with Crippen LogP contribution in [0.1, 0.15) is 53.2 Å². The van der Waals surface area contributed by atoms with Gasteiger partial charge in [0, 0.05) is 23.0 Å². The smallest absolute Gasteiger partial charge is 0.100 e. The molecule has 1 aliphatic carbocycles. The van der Waals surface area contributed by atoms with Crippen molar-refractivity contribution in [3.05, 3.63) is 51.5 Å². The minimum absolute atomic E-state index is 0.410. The summed E-state index contributed by atoms with van der Waals surface area (Å²) in [7, 11) is 0. The maximum atomic E-state index is 4.68. The molecule has 1 aromatic heterocycles. The Morgan fingerprint density at radius 2 is 2.26 bits per heavy atom. The van der Waals surface area contributed by atoms with Crippen LogP contribution in [0.2, 0.25) is 0 Å². The molecule has 3 rings (SSSR count). The average molecular weight is 272 g/mol. The summed E-state index contributed by atoms with van der Waals surface area (Å²) >= 11 is 1.87. The lowest BCUT2D eigenvalue weighted by molar-refractivity contribution is 0.606. The molecule has 1 aliphatic rings. The number of nitrogens with one attached hydrogen (secondary N) is 1. The van der Waals surface area contributed by atoms with Gasteiger partial charge in [0.2, 0.25) is 0 Å². The molecule has 0 amide bonds. The Morgan fingerprint density at radius 1 is 1.42 bits per heavy atom. The number of aromatic nitrogens is 1. The van der Waals surface area contributed by atoms with E-state index in [-0.39, 0.29) is 0 Å². The van der Waals surface area contributed by atoms with Crippen LogP contribution < -0.4 is 5.32 Å². The number of rotatable bonds is 4. The van der Waals surface area contributed by atoms with Gasteiger partial charge in [-0.2, -0.15) is 0 Å². The Labute approximate surface area is 118 Å². The molecule has 100 valence electrons. The van der Waals surface area contributed by atoms with Crippen LogP contribution in [0, 0.1) is 0 Å². The van der Waals surface area contributed by atoms with Gasteiger partial charge >= 0.3 is 0 Å². The molecule has 0 aliphatic heterocycles. The first-order valence-electron chi connectivity index (χ1n) is 7.06. The van der Waals surface area contributed by atoms with Gasteiger partial charge in [0.15, 0.2) is 0 Å². The van der Waals surface area contributed by atoms with Crippen molar-refractivity contribution in [2.24, 2.45) is 0 Å². The monoisotopic (exact) mass is 272 g/mol. The number of thiazole rings is 1. The van der Waals surface area contributed by atoms with E-state index in [2.05, 4.69) is 48.4 Å². The zero-order valence-electron chi connectivity index (χ0n) is 11.5.